The summed E-state index contributed by atoms with van der Waals surface area (Å²) in [5.74, 6) is 0.520. The second-order valence-corrected chi connectivity index (χ2v) is 5.66. The number of benzene rings is 2. The Labute approximate surface area is 145 Å². The number of aryl methyl sites for hydroxylation is 2. The molecule has 0 aliphatic carbocycles. The fraction of sp³-hybridized carbons (Fsp3) is 0.278. The lowest BCUT2D eigenvalue weighted by Gasteiger charge is -2.17. The van der Waals surface area contributed by atoms with Gasteiger partial charge in [-0.2, -0.15) is 0 Å². The third-order valence-electron chi connectivity index (χ3n) is 3.67. The van der Waals surface area contributed by atoms with Crippen LogP contribution in [0.25, 0.3) is 0 Å². The van der Waals surface area contributed by atoms with Gasteiger partial charge in [-0.3, -0.25) is 14.9 Å². The fourth-order valence-electron chi connectivity index (χ4n) is 2.22. The summed E-state index contributed by atoms with van der Waals surface area (Å²) >= 11 is 0. The van der Waals surface area contributed by atoms with Crippen molar-refractivity contribution in [3.05, 3.63) is 57.6 Å². The highest BCUT2D eigenvalue weighted by atomic mass is 16.6. The number of hydrogen-bond acceptors (Lipinski definition) is 5. The van der Waals surface area contributed by atoms with E-state index in [4.69, 9.17) is 9.47 Å². The number of carbonyl (C=O) groups is 1. The quantitative estimate of drug-likeness (QED) is 0.638. The van der Waals surface area contributed by atoms with Crippen molar-refractivity contribution < 1.29 is 19.2 Å². The first-order valence-corrected chi connectivity index (χ1v) is 7.69. The van der Waals surface area contributed by atoms with Crippen LogP contribution in [0.3, 0.4) is 0 Å². The molecule has 7 nitrogen and oxygen atoms in total. The first-order valence-electron chi connectivity index (χ1n) is 7.69. The maximum atomic E-state index is 12.4. The molecule has 0 radical (unpaired) electrons. The van der Waals surface area contributed by atoms with Crippen LogP contribution in [0.5, 0.6) is 11.5 Å². The highest BCUT2D eigenvalue weighted by Crippen LogP contribution is 2.29. The third kappa shape index (κ3) is 4.47. The van der Waals surface area contributed by atoms with E-state index >= 15 is 0 Å². The van der Waals surface area contributed by atoms with Gasteiger partial charge in [-0.1, -0.05) is 12.1 Å². The van der Waals surface area contributed by atoms with Gasteiger partial charge in [0.05, 0.1) is 17.7 Å². The standard InChI is InChI=1S/C18H20N2O5/c1-11-5-6-12(2)17(9-11)25-13(3)18(21)19-15-10-14(20(22)23)7-8-16(15)24-4/h5-10,13H,1-4H3,(H,19,21). The van der Waals surface area contributed by atoms with Crippen LogP contribution >= 0.6 is 0 Å². The smallest absolute Gasteiger partial charge is 0.271 e. The van der Waals surface area contributed by atoms with E-state index in [9.17, 15) is 14.9 Å². The van der Waals surface area contributed by atoms with Gasteiger partial charge in [0, 0.05) is 12.1 Å². The lowest BCUT2D eigenvalue weighted by Crippen LogP contribution is -2.30. The lowest BCUT2D eigenvalue weighted by atomic mass is 10.1. The van der Waals surface area contributed by atoms with E-state index in [1.54, 1.807) is 6.92 Å². The molecule has 0 fully saturated rings. The van der Waals surface area contributed by atoms with Crippen LogP contribution < -0.4 is 14.8 Å². The van der Waals surface area contributed by atoms with Gasteiger partial charge in [0.15, 0.2) is 6.10 Å². The summed E-state index contributed by atoms with van der Waals surface area (Å²) in [6.45, 7) is 5.44. The molecule has 2 rings (SSSR count). The summed E-state index contributed by atoms with van der Waals surface area (Å²) in [5, 5.41) is 13.5. The van der Waals surface area contributed by atoms with Gasteiger partial charge in [0.1, 0.15) is 11.5 Å². The average molecular weight is 344 g/mol. The zero-order chi connectivity index (χ0) is 18.6. The zero-order valence-corrected chi connectivity index (χ0v) is 14.5. The molecule has 0 spiro atoms. The maximum absolute atomic E-state index is 12.4. The minimum Gasteiger partial charge on any atom is -0.495 e. The van der Waals surface area contributed by atoms with Crippen molar-refractivity contribution in [1.82, 2.24) is 0 Å². The van der Waals surface area contributed by atoms with Gasteiger partial charge >= 0.3 is 0 Å². The first-order chi connectivity index (χ1) is 11.8. The van der Waals surface area contributed by atoms with Crippen LogP contribution in [0.2, 0.25) is 0 Å². The first kappa shape index (κ1) is 18.3. The molecule has 1 atom stereocenters. The second kappa shape index (κ2) is 7.65. The topological polar surface area (TPSA) is 90.7 Å². The van der Waals surface area contributed by atoms with Crippen LogP contribution in [-0.4, -0.2) is 24.0 Å². The molecular formula is C18H20N2O5. The number of rotatable bonds is 6. The number of methoxy groups -OCH3 is 1. The average Bonchev–Trinajstić information content (AvgIpc) is 2.57. The van der Waals surface area contributed by atoms with Crippen molar-refractivity contribution >= 4 is 17.3 Å². The molecule has 132 valence electrons. The summed E-state index contributed by atoms with van der Waals surface area (Å²) < 4.78 is 10.9. The van der Waals surface area contributed by atoms with Gasteiger partial charge in [0.2, 0.25) is 0 Å². The van der Waals surface area contributed by atoms with Gasteiger partial charge in [-0.05, 0) is 44.0 Å². The highest BCUT2D eigenvalue weighted by molar-refractivity contribution is 5.95. The predicted octanol–water partition coefficient (Wildman–Crippen LogP) is 3.63. The van der Waals surface area contributed by atoms with E-state index in [1.165, 1.54) is 25.3 Å². The van der Waals surface area contributed by atoms with Crippen molar-refractivity contribution in [2.24, 2.45) is 0 Å². The Kier molecular flexibility index (Phi) is 5.59. The lowest BCUT2D eigenvalue weighted by molar-refractivity contribution is -0.384. The predicted molar refractivity (Wildman–Crippen MR) is 94.3 cm³/mol. The monoisotopic (exact) mass is 344 g/mol. The Bertz CT molecular complexity index is 804. The molecule has 1 unspecified atom stereocenters. The van der Waals surface area contributed by atoms with Crippen molar-refractivity contribution in [1.29, 1.82) is 0 Å². The van der Waals surface area contributed by atoms with Crippen LogP contribution in [-0.2, 0) is 4.79 Å². The summed E-state index contributed by atoms with van der Waals surface area (Å²) in [6, 6.07) is 9.72. The molecule has 2 aromatic carbocycles. The van der Waals surface area contributed by atoms with Crippen molar-refractivity contribution in [2.75, 3.05) is 12.4 Å². The molecule has 25 heavy (non-hydrogen) atoms. The third-order valence-corrected chi connectivity index (χ3v) is 3.67. The maximum Gasteiger partial charge on any atom is 0.271 e. The minimum atomic E-state index is -0.788. The molecule has 2 aromatic rings. The SMILES string of the molecule is COc1ccc([N+](=O)[O-])cc1NC(=O)C(C)Oc1cc(C)ccc1C. The Morgan fingerprint density at radius 3 is 2.52 bits per heavy atom. The number of nitrogens with one attached hydrogen (secondary N) is 1. The number of nitrogens with zero attached hydrogens (tertiary/aromatic N) is 1. The molecular weight excluding hydrogens is 324 g/mol. The number of nitro benzene ring substituents is 1. The van der Waals surface area contributed by atoms with E-state index in [1.807, 2.05) is 32.0 Å². The Morgan fingerprint density at radius 2 is 1.88 bits per heavy atom. The number of ether oxygens (including phenoxy) is 2. The number of hydrogen-bond donors (Lipinski definition) is 1. The normalized spacial score (nSPS) is 11.5. The number of non-ortho nitro benzene ring substituents is 1. The second-order valence-electron chi connectivity index (χ2n) is 5.66. The van der Waals surface area contributed by atoms with Crippen LogP contribution in [0, 0.1) is 24.0 Å². The molecule has 1 N–H and O–H groups in total. The van der Waals surface area contributed by atoms with Crippen molar-refractivity contribution in [2.45, 2.75) is 26.9 Å². The largest absolute Gasteiger partial charge is 0.495 e. The van der Waals surface area contributed by atoms with Crippen LogP contribution in [0.1, 0.15) is 18.1 Å². The van der Waals surface area contributed by atoms with E-state index in [-0.39, 0.29) is 11.4 Å². The summed E-state index contributed by atoms with van der Waals surface area (Å²) in [7, 11) is 1.42. The summed E-state index contributed by atoms with van der Waals surface area (Å²) in [6.07, 6.45) is -0.788. The number of carbonyl (C=O) groups excluding carboxylic acids is 1. The summed E-state index contributed by atoms with van der Waals surface area (Å²) in [5.41, 5.74) is 2.02. The van der Waals surface area contributed by atoms with Gasteiger partial charge in [0.25, 0.3) is 11.6 Å². The Balaban J connectivity index is 2.17. The van der Waals surface area contributed by atoms with E-state index < -0.39 is 16.9 Å². The van der Waals surface area contributed by atoms with Gasteiger partial charge in [-0.25, -0.2) is 0 Å². The Morgan fingerprint density at radius 1 is 1.16 bits per heavy atom. The van der Waals surface area contributed by atoms with Crippen molar-refractivity contribution in [3.63, 3.8) is 0 Å². The molecule has 0 saturated heterocycles. The Hall–Kier alpha value is -3.09. The molecule has 1 amide bonds. The molecule has 0 heterocycles. The van der Waals surface area contributed by atoms with Crippen LogP contribution in [0.4, 0.5) is 11.4 Å². The molecule has 0 saturated carbocycles. The fourth-order valence-corrected chi connectivity index (χ4v) is 2.22. The van der Waals surface area contributed by atoms with E-state index in [0.717, 1.165) is 11.1 Å². The molecule has 7 heteroatoms. The number of nitro groups is 1. The van der Waals surface area contributed by atoms with Crippen LogP contribution in [0.15, 0.2) is 36.4 Å². The molecule has 0 aromatic heterocycles. The van der Waals surface area contributed by atoms with Crippen molar-refractivity contribution in [3.8, 4) is 11.5 Å². The van der Waals surface area contributed by atoms with E-state index in [2.05, 4.69) is 5.32 Å². The van der Waals surface area contributed by atoms with Gasteiger partial charge in [-0.15, -0.1) is 0 Å². The molecule has 0 aliphatic rings. The summed E-state index contributed by atoms with van der Waals surface area (Å²) in [4.78, 5) is 22.8. The van der Waals surface area contributed by atoms with Gasteiger partial charge < -0.3 is 14.8 Å². The van der Waals surface area contributed by atoms with E-state index in [0.29, 0.717) is 11.5 Å². The molecule has 0 aliphatic heterocycles. The minimum absolute atomic E-state index is 0.140. The zero-order valence-electron chi connectivity index (χ0n) is 14.5. The number of anilines is 1. The number of amides is 1. The highest BCUT2D eigenvalue weighted by Gasteiger charge is 2.19. The molecule has 0 bridgehead atoms.